The van der Waals surface area contributed by atoms with E-state index < -0.39 is 0 Å². The molecule has 0 atom stereocenters. The van der Waals surface area contributed by atoms with Gasteiger partial charge < -0.3 is 13.9 Å². The Bertz CT molecular complexity index is 741. The maximum absolute atomic E-state index is 12.6. The third-order valence-electron chi connectivity index (χ3n) is 3.45. The van der Waals surface area contributed by atoms with Crippen LogP contribution in [0.2, 0.25) is 0 Å². The summed E-state index contributed by atoms with van der Waals surface area (Å²) in [6.45, 7) is 0.467. The van der Waals surface area contributed by atoms with Crippen LogP contribution in [-0.2, 0) is 13.6 Å². The predicted molar refractivity (Wildman–Crippen MR) is 77.4 cm³/mol. The molecule has 0 bridgehead atoms. The van der Waals surface area contributed by atoms with E-state index in [2.05, 4.69) is 0 Å². The number of hydrogen-bond donors (Lipinski definition) is 0. The highest BCUT2D eigenvalue weighted by Crippen LogP contribution is 2.22. The van der Waals surface area contributed by atoms with Gasteiger partial charge in [0.2, 0.25) is 0 Å². The largest absolute Gasteiger partial charge is 0.467 e. The van der Waals surface area contributed by atoms with Crippen molar-refractivity contribution in [2.75, 3.05) is 7.05 Å². The zero-order valence-corrected chi connectivity index (χ0v) is 11.5. The van der Waals surface area contributed by atoms with Gasteiger partial charge in [0.25, 0.3) is 5.91 Å². The number of carbonyl (C=O) groups excluding carboxylic acids is 1. The van der Waals surface area contributed by atoms with Gasteiger partial charge >= 0.3 is 0 Å². The second-order valence-electron chi connectivity index (χ2n) is 4.91. The van der Waals surface area contributed by atoms with Crippen LogP contribution in [-0.4, -0.2) is 22.4 Å². The lowest BCUT2D eigenvalue weighted by atomic mass is 10.1. The monoisotopic (exact) mass is 268 g/mol. The number of aromatic nitrogens is 1. The third kappa shape index (κ3) is 2.09. The number of rotatable bonds is 3. The Kier molecular flexibility index (Phi) is 3.06. The van der Waals surface area contributed by atoms with E-state index in [0.29, 0.717) is 6.54 Å². The smallest absolute Gasteiger partial charge is 0.256 e. The van der Waals surface area contributed by atoms with E-state index in [-0.39, 0.29) is 5.91 Å². The second kappa shape index (κ2) is 4.89. The number of furan rings is 1. The highest BCUT2D eigenvalue weighted by atomic mass is 16.3. The first kappa shape index (κ1) is 12.5. The molecule has 1 amide bonds. The summed E-state index contributed by atoms with van der Waals surface area (Å²) in [6.07, 6.45) is 3.50. The van der Waals surface area contributed by atoms with E-state index in [0.717, 1.165) is 22.2 Å². The standard InChI is InChI=1S/C16H16N2O2/c1-17-11-14(13-7-3-4-8-15(13)17)16(19)18(2)10-12-6-5-9-20-12/h3-9,11H,10H2,1-2H3. The average Bonchev–Trinajstić information content (AvgIpc) is 3.07. The maximum Gasteiger partial charge on any atom is 0.256 e. The van der Waals surface area contributed by atoms with Gasteiger partial charge in [0.1, 0.15) is 5.76 Å². The summed E-state index contributed by atoms with van der Waals surface area (Å²) in [4.78, 5) is 14.2. The second-order valence-corrected chi connectivity index (χ2v) is 4.91. The van der Waals surface area contributed by atoms with Crippen molar-refractivity contribution in [1.29, 1.82) is 0 Å². The van der Waals surface area contributed by atoms with E-state index in [1.54, 1.807) is 18.2 Å². The minimum absolute atomic E-state index is 0.00167. The Balaban J connectivity index is 1.92. The molecule has 102 valence electrons. The number of aryl methyl sites for hydroxylation is 1. The molecule has 0 spiro atoms. The van der Waals surface area contributed by atoms with Crippen molar-refractivity contribution in [2.45, 2.75) is 6.54 Å². The van der Waals surface area contributed by atoms with E-state index in [1.165, 1.54) is 0 Å². The van der Waals surface area contributed by atoms with E-state index in [9.17, 15) is 4.79 Å². The molecule has 0 saturated carbocycles. The molecule has 1 aromatic carbocycles. The molecule has 0 aliphatic carbocycles. The zero-order chi connectivity index (χ0) is 14.1. The molecular formula is C16H16N2O2. The average molecular weight is 268 g/mol. The summed E-state index contributed by atoms with van der Waals surface area (Å²) in [5.41, 5.74) is 1.78. The minimum atomic E-state index is -0.00167. The molecule has 0 unspecified atom stereocenters. The zero-order valence-electron chi connectivity index (χ0n) is 11.5. The van der Waals surface area contributed by atoms with Gasteiger partial charge in [-0.05, 0) is 18.2 Å². The van der Waals surface area contributed by atoms with Crippen LogP contribution < -0.4 is 0 Å². The summed E-state index contributed by atoms with van der Waals surface area (Å²) in [6, 6.07) is 11.6. The molecule has 3 aromatic rings. The first-order valence-electron chi connectivity index (χ1n) is 6.48. The van der Waals surface area contributed by atoms with Crippen LogP contribution in [0.25, 0.3) is 10.9 Å². The number of hydrogen-bond acceptors (Lipinski definition) is 2. The summed E-state index contributed by atoms with van der Waals surface area (Å²) in [5.74, 6) is 0.777. The molecule has 0 radical (unpaired) electrons. The number of carbonyl (C=O) groups is 1. The molecule has 20 heavy (non-hydrogen) atoms. The number of nitrogens with zero attached hydrogens (tertiary/aromatic N) is 2. The van der Waals surface area contributed by atoms with Crippen molar-refractivity contribution in [1.82, 2.24) is 9.47 Å². The van der Waals surface area contributed by atoms with Gasteiger partial charge in [0, 0.05) is 31.2 Å². The van der Waals surface area contributed by atoms with Gasteiger partial charge in [0.15, 0.2) is 0 Å². The van der Waals surface area contributed by atoms with Crippen molar-refractivity contribution in [3.8, 4) is 0 Å². The molecule has 3 rings (SSSR count). The lowest BCUT2D eigenvalue weighted by molar-refractivity contribution is 0.0777. The maximum atomic E-state index is 12.6. The Morgan fingerprint density at radius 3 is 2.80 bits per heavy atom. The van der Waals surface area contributed by atoms with Gasteiger partial charge in [-0.1, -0.05) is 18.2 Å². The van der Waals surface area contributed by atoms with Crippen molar-refractivity contribution in [3.63, 3.8) is 0 Å². The molecule has 0 aliphatic heterocycles. The molecule has 0 aliphatic rings. The summed E-state index contributed by atoms with van der Waals surface area (Å²) in [5, 5.41) is 0.978. The molecular weight excluding hydrogens is 252 g/mol. The first-order chi connectivity index (χ1) is 9.66. The Morgan fingerprint density at radius 1 is 1.25 bits per heavy atom. The van der Waals surface area contributed by atoms with Crippen LogP contribution in [0.1, 0.15) is 16.1 Å². The van der Waals surface area contributed by atoms with Gasteiger partial charge in [-0.2, -0.15) is 0 Å². The van der Waals surface area contributed by atoms with Crippen LogP contribution in [0.5, 0.6) is 0 Å². The molecule has 0 fully saturated rings. The molecule has 0 saturated heterocycles. The van der Waals surface area contributed by atoms with Gasteiger partial charge in [-0.3, -0.25) is 4.79 Å². The van der Waals surface area contributed by atoms with Crippen molar-refractivity contribution in [3.05, 3.63) is 60.2 Å². The van der Waals surface area contributed by atoms with Crippen LogP contribution in [0.15, 0.2) is 53.3 Å². The summed E-state index contributed by atoms with van der Waals surface area (Å²) in [7, 11) is 3.73. The lowest BCUT2D eigenvalue weighted by Crippen LogP contribution is -2.25. The van der Waals surface area contributed by atoms with E-state index >= 15 is 0 Å². The van der Waals surface area contributed by atoms with E-state index in [4.69, 9.17) is 4.42 Å². The molecule has 0 N–H and O–H groups in total. The summed E-state index contributed by atoms with van der Waals surface area (Å²) < 4.78 is 7.26. The number of fused-ring (bicyclic) bond motifs is 1. The van der Waals surface area contributed by atoms with Gasteiger partial charge in [-0.25, -0.2) is 0 Å². The summed E-state index contributed by atoms with van der Waals surface area (Å²) >= 11 is 0. The fraction of sp³-hybridized carbons (Fsp3) is 0.188. The van der Waals surface area contributed by atoms with Crippen LogP contribution in [0.4, 0.5) is 0 Å². The quantitative estimate of drug-likeness (QED) is 0.732. The van der Waals surface area contributed by atoms with Crippen molar-refractivity contribution < 1.29 is 9.21 Å². The Hall–Kier alpha value is -2.49. The van der Waals surface area contributed by atoms with Crippen molar-refractivity contribution >= 4 is 16.8 Å². The van der Waals surface area contributed by atoms with Crippen LogP contribution in [0, 0.1) is 0 Å². The predicted octanol–water partition coefficient (Wildman–Crippen LogP) is 3.04. The SMILES string of the molecule is CN(Cc1ccco1)C(=O)c1cn(C)c2ccccc12. The fourth-order valence-electron chi connectivity index (χ4n) is 2.43. The van der Waals surface area contributed by atoms with Gasteiger partial charge in [-0.15, -0.1) is 0 Å². The minimum Gasteiger partial charge on any atom is -0.467 e. The van der Waals surface area contributed by atoms with Gasteiger partial charge in [0.05, 0.1) is 18.4 Å². The Labute approximate surface area is 117 Å². The topological polar surface area (TPSA) is 38.4 Å². The number of para-hydroxylation sites is 1. The van der Waals surface area contributed by atoms with Crippen molar-refractivity contribution in [2.24, 2.45) is 7.05 Å². The normalized spacial score (nSPS) is 10.9. The Morgan fingerprint density at radius 2 is 2.05 bits per heavy atom. The number of amides is 1. The lowest BCUT2D eigenvalue weighted by Gasteiger charge is -2.15. The first-order valence-corrected chi connectivity index (χ1v) is 6.48. The molecule has 4 heteroatoms. The van der Waals surface area contributed by atoms with Crippen LogP contribution >= 0.6 is 0 Å². The highest BCUT2D eigenvalue weighted by molar-refractivity contribution is 6.06. The molecule has 2 aromatic heterocycles. The molecule has 4 nitrogen and oxygen atoms in total. The highest BCUT2D eigenvalue weighted by Gasteiger charge is 2.18. The molecule has 2 heterocycles. The van der Waals surface area contributed by atoms with E-state index in [1.807, 2.05) is 54.2 Å². The van der Waals surface area contributed by atoms with Crippen LogP contribution in [0.3, 0.4) is 0 Å². The third-order valence-corrected chi connectivity index (χ3v) is 3.45. The fourth-order valence-corrected chi connectivity index (χ4v) is 2.43. The number of benzene rings is 1.